The van der Waals surface area contributed by atoms with Crippen LogP contribution in [0, 0.1) is 0 Å². The van der Waals surface area contributed by atoms with Gasteiger partial charge < -0.3 is 23.7 Å². The highest BCUT2D eigenvalue weighted by Gasteiger charge is 2.53. The van der Waals surface area contributed by atoms with Crippen molar-refractivity contribution in [1.29, 1.82) is 0 Å². The first-order valence-electron chi connectivity index (χ1n) is 17.4. The number of unbranched alkanes of at least 4 members (excludes halogenated alkanes) is 4. The van der Waals surface area contributed by atoms with Crippen molar-refractivity contribution in [3.05, 3.63) is 30.5 Å². The summed E-state index contributed by atoms with van der Waals surface area (Å²) in [5, 5.41) is 13.7. The summed E-state index contributed by atoms with van der Waals surface area (Å²) in [7, 11) is -4.02. The predicted octanol–water partition coefficient (Wildman–Crippen LogP) is 4.53. The maximum Gasteiger partial charge on any atom is 0.306 e. The van der Waals surface area contributed by atoms with Crippen LogP contribution in [-0.2, 0) is 52.9 Å². The Labute approximate surface area is 293 Å². The fourth-order valence-electron chi connectivity index (χ4n) is 5.17. The lowest BCUT2D eigenvalue weighted by atomic mass is 9.97. The molecule has 1 aliphatic heterocycles. The minimum Gasteiger partial charge on any atom is -0.463 e. The molecule has 0 unspecified atom stereocenters. The monoisotopic (exact) mass is 722 g/mol. The molecular weight excluding hydrogens is 672 g/mol. The van der Waals surface area contributed by atoms with Crippen LogP contribution in [0.2, 0.25) is 0 Å². The molecule has 50 heavy (non-hydrogen) atoms. The van der Waals surface area contributed by atoms with Gasteiger partial charge in [-0.3, -0.25) is 19.2 Å². The minimum atomic E-state index is -4.02. The number of hydrogen-bond donors (Lipinski definition) is 1. The number of nitrogens with two attached hydrogens (primary N) is 1. The van der Waals surface area contributed by atoms with E-state index in [-0.39, 0.29) is 42.9 Å². The molecule has 1 aliphatic rings. The molecule has 0 saturated carbocycles. The third kappa shape index (κ3) is 12.2. The molecule has 2 aromatic rings. The van der Waals surface area contributed by atoms with Gasteiger partial charge in [-0.25, -0.2) is 18.2 Å². The van der Waals surface area contributed by atoms with E-state index in [1.165, 1.54) is 29.1 Å². The first-order valence-corrected chi connectivity index (χ1v) is 18.9. The standard InChI is InChI=1S/C34H50N4O11S/c1-5-9-16-27(39)45-22-26-31(47-28(40)17-10-6-2)32(48-29(41)18-11-7-3)33(49-30(42)19-12-8-4)34(46-26)38-21-25(36-37-38)23-14-13-15-24(20-23)50(35,43)44/h13-15,20-21,26,31-34H,5-12,16-19,22H2,1-4H3,(H2,35,43,44)/t26-,31+,32+,33-,34-/m1/s1. The van der Waals surface area contributed by atoms with E-state index in [0.29, 0.717) is 44.1 Å². The Bertz CT molecular complexity index is 1530. The van der Waals surface area contributed by atoms with E-state index in [2.05, 4.69) is 10.3 Å². The van der Waals surface area contributed by atoms with Gasteiger partial charge in [-0.2, -0.15) is 0 Å². The molecule has 2 heterocycles. The highest BCUT2D eigenvalue weighted by Crippen LogP contribution is 2.36. The maximum atomic E-state index is 13.2. The average Bonchev–Trinajstić information content (AvgIpc) is 3.58. The number of aromatic nitrogens is 3. The number of carbonyl (C=O) groups is 4. The molecular formula is C34H50N4O11S. The Balaban J connectivity index is 2.12. The summed E-state index contributed by atoms with van der Waals surface area (Å²) in [6.45, 7) is 7.31. The van der Waals surface area contributed by atoms with Crippen LogP contribution in [0.4, 0.5) is 0 Å². The molecule has 278 valence electrons. The zero-order chi connectivity index (χ0) is 36.7. The molecule has 16 heteroatoms. The highest BCUT2D eigenvalue weighted by molar-refractivity contribution is 7.89. The third-order valence-electron chi connectivity index (χ3n) is 7.99. The van der Waals surface area contributed by atoms with Crippen LogP contribution in [0.25, 0.3) is 11.3 Å². The van der Waals surface area contributed by atoms with Gasteiger partial charge in [0.05, 0.1) is 11.1 Å². The van der Waals surface area contributed by atoms with E-state index in [4.69, 9.17) is 28.8 Å². The number of primary sulfonamides is 1. The van der Waals surface area contributed by atoms with E-state index in [1.54, 1.807) is 6.07 Å². The van der Waals surface area contributed by atoms with E-state index in [9.17, 15) is 27.6 Å². The normalized spacial score (nSPS) is 20.5. The van der Waals surface area contributed by atoms with Crippen molar-refractivity contribution in [2.24, 2.45) is 5.14 Å². The minimum absolute atomic E-state index is 0.0516. The number of sulfonamides is 1. The van der Waals surface area contributed by atoms with E-state index < -0.39 is 64.5 Å². The Kier molecular flexibility index (Phi) is 16.3. The summed E-state index contributed by atoms with van der Waals surface area (Å²) >= 11 is 0. The van der Waals surface area contributed by atoms with Crippen LogP contribution in [0.3, 0.4) is 0 Å². The van der Waals surface area contributed by atoms with Crippen LogP contribution in [0.15, 0.2) is 35.4 Å². The summed E-state index contributed by atoms with van der Waals surface area (Å²) in [6.07, 6.45) is 0.298. The Morgan fingerprint density at radius 2 is 1.30 bits per heavy atom. The van der Waals surface area contributed by atoms with Gasteiger partial charge in [-0.15, -0.1) is 5.10 Å². The zero-order valence-electron chi connectivity index (χ0n) is 29.3. The quantitative estimate of drug-likeness (QED) is 0.148. The molecule has 0 bridgehead atoms. The lowest BCUT2D eigenvalue weighted by Crippen LogP contribution is -2.61. The van der Waals surface area contributed by atoms with Gasteiger partial charge in [0.15, 0.2) is 24.5 Å². The van der Waals surface area contributed by atoms with Crippen molar-refractivity contribution in [2.75, 3.05) is 6.61 Å². The molecule has 0 amide bonds. The number of ether oxygens (including phenoxy) is 5. The first kappa shape index (κ1) is 40.5. The largest absolute Gasteiger partial charge is 0.463 e. The van der Waals surface area contributed by atoms with Gasteiger partial charge in [-0.05, 0) is 37.8 Å². The van der Waals surface area contributed by atoms with Crippen molar-refractivity contribution in [1.82, 2.24) is 15.0 Å². The molecule has 15 nitrogen and oxygen atoms in total. The van der Waals surface area contributed by atoms with Crippen LogP contribution < -0.4 is 5.14 Å². The van der Waals surface area contributed by atoms with Gasteiger partial charge in [0.1, 0.15) is 18.4 Å². The van der Waals surface area contributed by atoms with Crippen LogP contribution in [-0.4, -0.2) is 78.3 Å². The lowest BCUT2D eigenvalue weighted by molar-refractivity contribution is -0.272. The summed E-state index contributed by atoms with van der Waals surface area (Å²) in [6, 6.07) is 5.77. The van der Waals surface area contributed by atoms with Gasteiger partial charge in [0.2, 0.25) is 10.0 Å². The number of nitrogens with zero attached hydrogens (tertiary/aromatic N) is 3. The number of carbonyl (C=O) groups excluding carboxylic acids is 4. The van der Waals surface area contributed by atoms with E-state index in [0.717, 1.165) is 12.8 Å². The summed E-state index contributed by atoms with van der Waals surface area (Å²) in [5.41, 5.74) is 0.587. The van der Waals surface area contributed by atoms with Crippen molar-refractivity contribution in [3.63, 3.8) is 0 Å². The van der Waals surface area contributed by atoms with Gasteiger partial charge in [0, 0.05) is 31.2 Å². The van der Waals surface area contributed by atoms with Gasteiger partial charge in [0.25, 0.3) is 0 Å². The van der Waals surface area contributed by atoms with E-state index >= 15 is 0 Å². The van der Waals surface area contributed by atoms with Gasteiger partial charge in [-0.1, -0.05) is 70.7 Å². The molecule has 1 aromatic heterocycles. The van der Waals surface area contributed by atoms with Crippen molar-refractivity contribution < 1.29 is 51.3 Å². The second-order valence-electron chi connectivity index (χ2n) is 12.2. The van der Waals surface area contributed by atoms with Crippen molar-refractivity contribution in [3.8, 4) is 11.3 Å². The summed E-state index contributed by atoms with van der Waals surface area (Å²) in [4.78, 5) is 51.9. The number of rotatable bonds is 20. The number of hydrogen-bond acceptors (Lipinski definition) is 13. The maximum absolute atomic E-state index is 13.2. The van der Waals surface area contributed by atoms with Crippen LogP contribution >= 0.6 is 0 Å². The second kappa shape index (κ2) is 20.1. The second-order valence-corrected chi connectivity index (χ2v) is 13.7. The molecule has 1 saturated heterocycles. The van der Waals surface area contributed by atoms with Crippen LogP contribution in [0.5, 0.6) is 0 Å². The molecule has 5 atom stereocenters. The number of esters is 4. The molecule has 0 radical (unpaired) electrons. The summed E-state index contributed by atoms with van der Waals surface area (Å²) in [5.74, 6) is -2.31. The van der Waals surface area contributed by atoms with Gasteiger partial charge >= 0.3 is 23.9 Å². The lowest BCUT2D eigenvalue weighted by Gasteiger charge is -2.44. The topological polar surface area (TPSA) is 205 Å². The van der Waals surface area contributed by atoms with Crippen molar-refractivity contribution in [2.45, 2.75) is 140 Å². The fourth-order valence-corrected chi connectivity index (χ4v) is 5.73. The summed E-state index contributed by atoms with van der Waals surface area (Å²) < 4.78 is 55.0. The number of benzene rings is 1. The SMILES string of the molecule is CCCCC(=O)OC[C@H]1O[C@@H](n2cc(-c3cccc(S(N)(=O)=O)c3)nn2)[C@H](OC(=O)CCCC)[C@@H](OC(=O)CCCC)[C@H]1OC(=O)CCCC. The smallest absolute Gasteiger partial charge is 0.306 e. The molecule has 2 N–H and O–H groups in total. The third-order valence-corrected chi connectivity index (χ3v) is 8.90. The molecule has 0 aliphatic carbocycles. The highest BCUT2D eigenvalue weighted by atomic mass is 32.2. The first-order chi connectivity index (χ1) is 23.9. The Morgan fingerprint density at radius 1 is 0.780 bits per heavy atom. The van der Waals surface area contributed by atoms with Crippen LogP contribution in [0.1, 0.15) is 111 Å². The molecule has 0 spiro atoms. The van der Waals surface area contributed by atoms with E-state index in [1.807, 2.05) is 27.7 Å². The molecule has 1 aromatic carbocycles. The fraction of sp³-hybridized carbons (Fsp3) is 0.647. The Hall–Kier alpha value is -3.89. The van der Waals surface area contributed by atoms with Crippen molar-refractivity contribution >= 4 is 33.9 Å². The zero-order valence-corrected chi connectivity index (χ0v) is 30.1. The molecule has 1 fully saturated rings. The average molecular weight is 723 g/mol. The Morgan fingerprint density at radius 3 is 1.84 bits per heavy atom. The predicted molar refractivity (Wildman–Crippen MR) is 179 cm³/mol. The molecule has 3 rings (SSSR count).